The maximum Gasteiger partial charge on any atom is 0.282 e. The number of nitrogens with zero attached hydrogens (tertiary/aromatic N) is 3. The molecule has 0 saturated carbocycles. The van der Waals surface area contributed by atoms with E-state index in [0.717, 1.165) is 32.0 Å². The number of hydrogen-bond acceptors (Lipinski definition) is 10. The molecule has 0 heterocycles. The predicted molar refractivity (Wildman–Crippen MR) is 168 cm³/mol. The molecule has 3 aromatic rings. The summed E-state index contributed by atoms with van der Waals surface area (Å²) >= 11 is 0. The summed E-state index contributed by atoms with van der Waals surface area (Å²) in [7, 11) is 7.91. The Kier molecular flexibility index (Phi) is 11.7. The molecule has 0 aliphatic heterocycles. The molecule has 0 saturated heterocycles. The average molecular weight is 594 g/mol. The fraction of sp³-hybridized carbons (Fsp3) is 0.333. The molecule has 13 heteroatoms. The highest BCUT2D eigenvalue weighted by molar-refractivity contribution is 6.11. The van der Waals surface area contributed by atoms with Crippen molar-refractivity contribution in [2.45, 2.75) is 12.8 Å². The summed E-state index contributed by atoms with van der Waals surface area (Å²) in [6, 6.07) is 13.2. The van der Waals surface area contributed by atoms with Crippen molar-refractivity contribution in [3.63, 3.8) is 0 Å². The largest absolute Gasteiger partial charge is 0.493 e. The standard InChI is InChI=1S/C30H39N7O6/c1-35(2)13-5-15-42-21-8-11-26(24(31)18-21)33-29(38)20-7-10-23(28(17-20)37(40)41)30(39)34-27-12-9-22(19-25(27)32)43-16-6-14-36(3)4/h7-12,17-19H,5-6,13-16,31-32H2,1-4H3,(H,33,38)(H,34,39). The van der Waals surface area contributed by atoms with Crippen molar-refractivity contribution in [2.75, 3.05) is 76.6 Å². The van der Waals surface area contributed by atoms with E-state index >= 15 is 0 Å². The molecule has 13 nitrogen and oxygen atoms in total. The molecular weight excluding hydrogens is 554 g/mol. The maximum absolute atomic E-state index is 13.0. The van der Waals surface area contributed by atoms with Crippen LogP contribution in [-0.2, 0) is 0 Å². The van der Waals surface area contributed by atoms with Crippen LogP contribution in [0.15, 0.2) is 54.6 Å². The normalized spacial score (nSPS) is 10.9. The second-order valence-electron chi connectivity index (χ2n) is 10.4. The van der Waals surface area contributed by atoms with Crippen LogP contribution in [0, 0.1) is 10.1 Å². The van der Waals surface area contributed by atoms with Crippen molar-refractivity contribution in [2.24, 2.45) is 0 Å². The second kappa shape index (κ2) is 15.4. The number of nitrogens with two attached hydrogens (primary N) is 2. The van der Waals surface area contributed by atoms with Crippen molar-refractivity contribution in [1.29, 1.82) is 0 Å². The van der Waals surface area contributed by atoms with Crippen molar-refractivity contribution >= 4 is 40.3 Å². The van der Waals surface area contributed by atoms with Crippen LogP contribution >= 0.6 is 0 Å². The van der Waals surface area contributed by atoms with Crippen molar-refractivity contribution in [3.8, 4) is 11.5 Å². The van der Waals surface area contributed by atoms with Crippen LogP contribution in [0.1, 0.15) is 33.6 Å². The molecule has 0 bridgehead atoms. The molecule has 0 radical (unpaired) electrons. The minimum absolute atomic E-state index is 0.0260. The minimum Gasteiger partial charge on any atom is -0.493 e. The van der Waals surface area contributed by atoms with E-state index in [2.05, 4.69) is 15.5 Å². The van der Waals surface area contributed by atoms with Gasteiger partial charge in [0.15, 0.2) is 0 Å². The number of anilines is 4. The van der Waals surface area contributed by atoms with E-state index in [4.69, 9.17) is 20.9 Å². The van der Waals surface area contributed by atoms with E-state index in [0.29, 0.717) is 30.4 Å². The Balaban J connectivity index is 1.66. The van der Waals surface area contributed by atoms with Gasteiger partial charge in [-0.1, -0.05) is 0 Å². The third kappa shape index (κ3) is 9.87. The summed E-state index contributed by atoms with van der Waals surface area (Å²) in [5.41, 5.74) is 12.5. The second-order valence-corrected chi connectivity index (χ2v) is 10.4. The van der Waals surface area contributed by atoms with E-state index in [1.54, 1.807) is 36.4 Å². The zero-order valence-corrected chi connectivity index (χ0v) is 24.9. The van der Waals surface area contributed by atoms with E-state index in [1.165, 1.54) is 12.1 Å². The Hall–Kier alpha value is -4.88. The summed E-state index contributed by atoms with van der Waals surface area (Å²) in [5, 5.41) is 17.1. The zero-order valence-electron chi connectivity index (χ0n) is 24.9. The van der Waals surface area contributed by atoms with Gasteiger partial charge in [-0.2, -0.15) is 0 Å². The SMILES string of the molecule is CN(C)CCCOc1ccc(NC(=O)c2ccc(C(=O)Nc3ccc(OCCCN(C)C)cc3N)c([N+](=O)[O-])c2)c(N)c1. The summed E-state index contributed by atoms with van der Waals surface area (Å²) in [6.45, 7) is 2.76. The van der Waals surface area contributed by atoms with Crippen LogP contribution in [-0.4, -0.2) is 81.0 Å². The van der Waals surface area contributed by atoms with Crippen molar-refractivity contribution in [3.05, 3.63) is 75.8 Å². The molecule has 0 aromatic heterocycles. The van der Waals surface area contributed by atoms with Crippen molar-refractivity contribution in [1.82, 2.24) is 9.80 Å². The number of ether oxygens (including phenoxy) is 2. The van der Waals surface area contributed by atoms with E-state index < -0.39 is 22.4 Å². The first-order valence-electron chi connectivity index (χ1n) is 13.7. The van der Waals surface area contributed by atoms with Crippen LogP contribution in [0.3, 0.4) is 0 Å². The highest BCUT2D eigenvalue weighted by Crippen LogP contribution is 2.28. The molecule has 43 heavy (non-hydrogen) atoms. The van der Waals surface area contributed by atoms with E-state index in [-0.39, 0.29) is 28.2 Å². The number of hydrogen-bond donors (Lipinski definition) is 4. The number of nitro benzene ring substituents is 1. The van der Waals surface area contributed by atoms with Crippen molar-refractivity contribution < 1.29 is 24.0 Å². The number of rotatable bonds is 15. The lowest BCUT2D eigenvalue weighted by molar-refractivity contribution is -0.385. The third-order valence-electron chi connectivity index (χ3n) is 6.28. The number of benzene rings is 3. The number of carbonyl (C=O) groups is 2. The number of carbonyl (C=O) groups excluding carboxylic acids is 2. The topological polar surface area (TPSA) is 178 Å². The summed E-state index contributed by atoms with van der Waals surface area (Å²) in [5.74, 6) is -0.288. The fourth-order valence-electron chi connectivity index (χ4n) is 4.03. The number of nitrogen functional groups attached to an aromatic ring is 2. The highest BCUT2D eigenvalue weighted by atomic mass is 16.6. The van der Waals surface area contributed by atoms with Crippen LogP contribution < -0.4 is 31.6 Å². The molecule has 0 unspecified atom stereocenters. The predicted octanol–water partition coefficient (Wildman–Crippen LogP) is 3.92. The van der Waals surface area contributed by atoms with Gasteiger partial charge in [0, 0.05) is 36.9 Å². The first kappa shape index (κ1) is 32.6. The van der Waals surface area contributed by atoms with Gasteiger partial charge >= 0.3 is 0 Å². The molecule has 0 atom stereocenters. The maximum atomic E-state index is 13.0. The smallest absolute Gasteiger partial charge is 0.282 e. The molecule has 6 N–H and O–H groups in total. The Morgan fingerprint density at radius 1 is 0.767 bits per heavy atom. The van der Waals surface area contributed by atoms with Gasteiger partial charge in [-0.3, -0.25) is 19.7 Å². The first-order valence-corrected chi connectivity index (χ1v) is 13.7. The molecule has 2 amide bonds. The summed E-state index contributed by atoms with van der Waals surface area (Å²) < 4.78 is 11.4. The van der Waals surface area contributed by atoms with Gasteiger partial charge in [0.2, 0.25) is 0 Å². The molecular formula is C30H39N7O6. The molecule has 3 rings (SSSR count). The lowest BCUT2D eigenvalue weighted by Gasteiger charge is -2.13. The van der Waals surface area contributed by atoms with Gasteiger partial charge in [0.05, 0.1) is 40.9 Å². The monoisotopic (exact) mass is 593 g/mol. The summed E-state index contributed by atoms with van der Waals surface area (Å²) in [6.07, 6.45) is 1.67. The van der Waals surface area contributed by atoms with Crippen LogP contribution in [0.5, 0.6) is 11.5 Å². The van der Waals surface area contributed by atoms with E-state index in [1.807, 2.05) is 33.1 Å². The highest BCUT2D eigenvalue weighted by Gasteiger charge is 2.23. The molecule has 230 valence electrons. The molecule has 0 aliphatic carbocycles. The average Bonchev–Trinajstić information content (AvgIpc) is 2.95. The van der Waals surface area contributed by atoms with Crippen LogP contribution in [0.25, 0.3) is 0 Å². The molecule has 3 aromatic carbocycles. The molecule has 0 aliphatic rings. The fourth-order valence-corrected chi connectivity index (χ4v) is 4.03. The number of nitrogens with one attached hydrogen (secondary N) is 2. The molecule has 0 spiro atoms. The van der Waals surface area contributed by atoms with Gasteiger partial charge in [-0.25, -0.2) is 0 Å². The number of amides is 2. The Morgan fingerprint density at radius 2 is 1.26 bits per heavy atom. The lowest BCUT2D eigenvalue weighted by atomic mass is 10.1. The molecule has 0 fully saturated rings. The first-order chi connectivity index (χ1) is 20.4. The quantitative estimate of drug-likeness (QED) is 0.0873. The van der Waals surface area contributed by atoms with Gasteiger partial charge in [-0.15, -0.1) is 0 Å². The van der Waals surface area contributed by atoms with Crippen LogP contribution in [0.2, 0.25) is 0 Å². The summed E-state index contributed by atoms with van der Waals surface area (Å²) in [4.78, 5) is 41.1. The third-order valence-corrected chi connectivity index (χ3v) is 6.28. The van der Waals surface area contributed by atoms with Crippen LogP contribution in [0.4, 0.5) is 28.4 Å². The van der Waals surface area contributed by atoms with Gasteiger partial charge in [0.25, 0.3) is 17.5 Å². The minimum atomic E-state index is -0.754. The Morgan fingerprint density at radius 3 is 1.70 bits per heavy atom. The Labute approximate surface area is 250 Å². The van der Waals surface area contributed by atoms with Gasteiger partial charge in [0.1, 0.15) is 17.1 Å². The number of nitro groups is 1. The zero-order chi connectivity index (χ0) is 31.5. The van der Waals surface area contributed by atoms with Gasteiger partial charge in [-0.05, 0) is 77.4 Å². The van der Waals surface area contributed by atoms with Gasteiger partial charge < -0.3 is 41.4 Å². The van der Waals surface area contributed by atoms with E-state index in [9.17, 15) is 19.7 Å². The lowest BCUT2D eigenvalue weighted by Crippen LogP contribution is -2.17. The Bertz CT molecular complexity index is 1440.